The van der Waals surface area contributed by atoms with Crippen molar-refractivity contribution in [2.24, 2.45) is 5.92 Å². The Hall–Kier alpha value is -10.0. The molecule has 5 aliphatic carbocycles. The Balaban J connectivity index is 0.855. The molecule has 82 heavy (non-hydrogen) atoms. The van der Waals surface area contributed by atoms with E-state index in [-0.39, 0.29) is 11.8 Å². The summed E-state index contributed by atoms with van der Waals surface area (Å²) in [7, 11) is 0. The van der Waals surface area contributed by atoms with Crippen molar-refractivity contribution in [1.29, 1.82) is 0 Å². The predicted octanol–water partition coefficient (Wildman–Crippen LogP) is 19.9. The SMILES string of the molecule is Cc1cccc(N(C2=CC=C3C=Cc4c(N(c5cccc(C)c5)c5cccc(C6(c7ccccc7)c7ccccc7-c7ccccc76)c5)ccc5c4C3C2C=C5)c2cccc(C3(c4ccccc4)c4ccccc4-c4ccccc43)c2)c1. The average Bonchev–Trinajstić information content (AvgIpc) is 2.64. The number of hydrogen-bond acceptors (Lipinski definition) is 2. The molecule has 388 valence electrons. The molecule has 0 spiro atoms. The molecule has 2 heteroatoms. The van der Waals surface area contributed by atoms with Crippen LogP contribution >= 0.6 is 0 Å². The van der Waals surface area contributed by atoms with E-state index in [1.165, 1.54) is 106 Å². The lowest BCUT2D eigenvalue weighted by Gasteiger charge is -2.43. The number of fused-ring (bicyclic) bond motifs is 6. The molecule has 0 aromatic heterocycles. The lowest BCUT2D eigenvalue weighted by atomic mass is 9.67. The third kappa shape index (κ3) is 7.01. The Morgan fingerprint density at radius 2 is 0.768 bits per heavy atom. The van der Waals surface area contributed by atoms with Crippen LogP contribution in [0.2, 0.25) is 0 Å². The van der Waals surface area contributed by atoms with E-state index in [4.69, 9.17) is 0 Å². The molecule has 2 unspecified atom stereocenters. The van der Waals surface area contributed by atoms with Crippen LogP contribution < -0.4 is 9.80 Å². The van der Waals surface area contributed by atoms with Gasteiger partial charge in [-0.1, -0.05) is 243 Å². The van der Waals surface area contributed by atoms with Crippen LogP contribution in [0.25, 0.3) is 34.4 Å². The Morgan fingerprint density at radius 1 is 0.341 bits per heavy atom. The van der Waals surface area contributed by atoms with Crippen LogP contribution in [0.1, 0.15) is 78.2 Å². The van der Waals surface area contributed by atoms with Gasteiger partial charge in [0.25, 0.3) is 0 Å². The second-order valence-corrected chi connectivity index (χ2v) is 22.8. The van der Waals surface area contributed by atoms with Gasteiger partial charge in [-0.25, -0.2) is 0 Å². The zero-order valence-corrected chi connectivity index (χ0v) is 45.9. The lowest BCUT2D eigenvalue weighted by Crippen LogP contribution is -2.32. The van der Waals surface area contributed by atoms with E-state index in [1.54, 1.807) is 0 Å². The molecule has 0 bridgehead atoms. The van der Waals surface area contributed by atoms with Crippen LogP contribution in [0, 0.1) is 19.8 Å². The summed E-state index contributed by atoms with van der Waals surface area (Å²) in [5.74, 6) is 0.119. The van der Waals surface area contributed by atoms with E-state index < -0.39 is 10.8 Å². The molecule has 2 nitrogen and oxygen atoms in total. The fourth-order valence-corrected chi connectivity index (χ4v) is 15.2. The van der Waals surface area contributed by atoms with Crippen molar-refractivity contribution in [2.75, 3.05) is 9.80 Å². The van der Waals surface area contributed by atoms with E-state index >= 15 is 0 Å². The van der Waals surface area contributed by atoms with Crippen molar-refractivity contribution in [3.8, 4) is 22.3 Å². The molecule has 0 amide bonds. The maximum Gasteiger partial charge on any atom is 0.0714 e. The number of allylic oxidation sites excluding steroid dienone is 5. The van der Waals surface area contributed by atoms with E-state index in [2.05, 4.69) is 327 Å². The van der Waals surface area contributed by atoms with Crippen LogP contribution in [-0.4, -0.2) is 0 Å². The van der Waals surface area contributed by atoms with Gasteiger partial charge in [0, 0.05) is 45.8 Å². The molecule has 0 fully saturated rings. The van der Waals surface area contributed by atoms with Crippen molar-refractivity contribution >= 4 is 40.6 Å². The first-order valence-electron chi connectivity index (χ1n) is 28.9. The highest BCUT2D eigenvalue weighted by Gasteiger charge is 2.48. The largest absolute Gasteiger partial charge is 0.314 e. The van der Waals surface area contributed by atoms with E-state index in [0.29, 0.717) is 0 Å². The van der Waals surface area contributed by atoms with Gasteiger partial charge >= 0.3 is 0 Å². The van der Waals surface area contributed by atoms with Gasteiger partial charge in [0.2, 0.25) is 0 Å². The monoisotopic (exact) mass is 1050 g/mol. The van der Waals surface area contributed by atoms with Gasteiger partial charge in [-0.05, 0) is 169 Å². The van der Waals surface area contributed by atoms with Crippen molar-refractivity contribution in [2.45, 2.75) is 30.6 Å². The summed E-state index contributed by atoms with van der Waals surface area (Å²) < 4.78 is 0. The van der Waals surface area contributed by atoms with Gasteiger partial charge in [-0.15, -0.1) is 0 Å². The summed E-state index contributed by atoms with van der Waals surface area (Å²) in [5.41, 5.74) is 28.9. The number of nitrogens with zero attached hydrogens (tertiary/aromatic N) is 2. The summed E-state index contributed by atoms with van der Waals surface area (Å²) in [4.78, 5) is 5.08. The van der Waals surface area contributed by atoms with Gasteiger partial charge in [0.05, 0.1) is 16.5 Å². The quantitative estimate of drug-likeness (QED) is 0.135. The Kier molecular flexibility index (Phi) is 11.0. The first kappa shape index (κ1) is 47.9. The molecule has 0 N–H and O–H groups in total. The molecule has 16 rings (SSSR count). The normalized spacial score (nSPS) is 16.7. The second kappa shape index (κ2) is 18.8. The first-order valence-corrected chi connectivity index (χ1v) is 28.9. The average molecular weight is 1050 g/mol. The maximum absolute atomic E-state index is 2.56. The minimum Gasteiger partial charge on any atom is -0.314 e. The van der Waals surface area contributed by atoms with Crippen LogP contribution in [0.15, 0.2) is 302 Å². The van der Waals surface area contributed by atoms with Crippen LogP contribution in [-0.2, 0) is 10.8 Å². The van der Waals surface area contributed by atoms with Crippen molar-refractivity contribution in [1.82, 2.24) is 0 Å². The van der Waals surface area contributed by atoms with Gasteiger partial charge in [-0.3, -0.25) is 0 Å². The lowest BCUT2D eigenvalue weighted by molar-refractivity contribution is 0.619. The Morgan fingerprint density at radius 3 is 1.27 bits per heavy atom. The summed E-state index contributed by atoms with van der Waals surface area (Å²) >= 11 is 0. The van der Waals surface area contributed by atoms with E-state index in [1.807, 2.05) is 0 Å². The van der Waals surface area contributed by atoms with E-state index in [9.17, 15) is 0 Å². The highest BCUT2D eigenvalue weighted by atomic mass is 15.2. The Bertz CT molecular complexity index is 4420. The fraction of sp³-hybridized carbons (Fsp3) is 0.0750. The maximum atomic E-state index is 2.56. The predicted molar refractivity (Wildman–Crippen MR) is 341 cm³/mol. The molecular formula is C80H58N2. The Labute approximate surface area is 481 Å². The minimum absolute atomic E-state index is 0.0376. The minimum atomic E-state index is -0.536. The molecular weight excluding hydrogens is 989 g/mol. The molecule has 0 radical (unpaired) electrons. The van der Waals surface area contributed by atoms with Gasteiger partial charge in [-0.2, -0.15) is 0 Å². The number of rotatable bonds is 10. The van der Waals surface area contributed by atoms with Gasteiger partial charge < -0.3 is 9.80 Å². The van der Waals surface area contributed by atoms with E-state index in [0.717, 1.165) is 28.4 Å². The zero-order chi connectivity index (χ0) is 54.5. The summed E-state index contributed by atoms with van der Waals surface area (Å²) in [6.07, 6.45) is 14.5. The first-order chi connectivity index (χ1) is 40.5. The van der Waals surface area contributed by atoms with Crippen molar-refractivity contribution < 1.29 is 0 Å². The summed E-state index contributed by atoms with van der Waals surface area (Å²) in [5, 5.41) is 0. The highest BCUT2D eigenvalue weighted by molar-refractivity contribution is 5.92. The molecule has 2 atom stereocenters. The summed E-state index contributed by atoms with van der Waals surface area (Å²) in [6.45, 7) is 4.41. The number of benzene rings is 11. The molecule has 0 heterocycles. The van der Waals surface area contributed by atoms with Crippen molar-refractivity contribution in [3.63, 3.8) is 0 Å². The van der Waals surface area contributed by atoms with Gasteiger partial charge in [0.15, 0.2) is 0 Å². The molecule has 0 saturated carbocycles. The molecule has 0 aliphatic heterocycles. The second-order valence-electron chi connectivity index (χ2n) is 22.8. The third-order valence-electron chi connectivity index (χ3n) is 18.5. The molecule has 5 aliphatic rings. The zero-order valence-electron chi connectivity index (χ0n) is 45.9. The van der Waals surface area contributed by atoms with Gasteiger partial charge in [0.1, 0.15) is 0 Å². The fourth-order valence-electron chi connectivity index (χ4n) is 15.2. The molecule has 11 aromatic carbocycles. The molecule has 11 aromatic rings. The number of hydrogen-bond donors (Lipinski definition) is 0. The van der Waals surface area contributed by atoms with Crippen LogP contribution in [0.5, 0.6) is 0 Å². The van der Waals surface area contributed by atoms with Crippen LogP contribution in [0.4, 0.5) is 28.4 Å². The number of anilines is 5. The topological polar surface area (TPSA) is 6.48 Å². The standard InChI is InChI=1S/C80H58N2/c1-53-21-17-29-61(49-53)81(63-31-19-27-59(51-63)79(57-23-5-3-6-24-57)71-37-13-9-33-65(71)66-34-10-14-38-72(66)79)75-47-43-55-42-46-70-76(48-44-56-41-45-69(75)77(55)78(56)70)82(62-30-18-22-54(2)50-62)64-32-20-28-60(52-64)80(58-25-7-4-8-26-58)73-39-15-11-35-67(73)68-36-12-16-40-74(68)80/h3-52,69,77H,1-2H3. The third-order valence-corrected chi connectivity index (χ3v) is 18.5. The van der Waals surface area contributed by atoms with Crippen molar-refractivity contribution in [3.05, 3.63) is 375 Å². The number of aryl methyl sites for hydroxylation is 2. The molecule has 0 saturated heterocycles. The highest BCUT2D eigenvalue weighted by Crippen LogP contribution is 2.60. The van der Waals surface area contributed by atoms with Crippen LogP contribution in [0.3, 0.4) is 0 Å². The summed E-state index contributed by atoms with van der Waals surface area (Å²) in [6, 6.07) is 100. The smallest absolute Gasteiger partial charge is 0.0714 e.